The van der Waals surface area contributed by atoms with Gasteiger partial charge in [-0.25, -0.2) is 4.79 Å². The third-order valence-electron chi connectivity index (χ3n) is 1.95. The van der Waals surface area contributed by atoms with Crippen molar-refractivity contribution in [2.24, 2.45) is 5.92 Å². The Morgan fingerprint density at radius 1 is 1.64 bits per heavy atom. The molecule has 0 aromatic carbocycles. The molecule has 0 amide bonds. The summed E-state index contributed by atoms with van der Waals surface area (Å²) < 4.78 is 4.58. The molecular weight excluding hydrogens is 190 g/mol. The second kappa shape index (κ2) is 4.90. The van der Waals surface area contributed by atoms with E-state index >= 15 is 0 Å². The summed E-state index contributed by atoms with van der Waals surface area (Å²) in [7, 11) is 0. The lowest BCUT2D eigenvalue weighted by molar-refractivity contribution is -0.499. The Labute approximate surface area is 82.0 Å². The van der Waals surface area contributed by atoms with Gasteiger partial charge in [0.25, 0.3) is 0 Å². The molecule has 1 atom stereocenters. The van der Waals surface area contributed by atoms with Crippen LogP contribution < -0.4 is 0 Å². The van der Waals surface area contributed by atoms with Crippen molar-refractivity contribution in [1.82, 2.24) is 0 Å². The standard InChI is InChI=1S/C8H15NO5/c1-4-14-7(10)8(11,6(2)3)5-9(12)13/h6,11H,4-5H2,1-3H3/t8-/m0/s1. The number of ether oxygens (including phenoxy) is 1. The summed E-state index contributed by atoms with van der Waals surface area (Å²) in [5, 5.41) is 20.0. The van der Waals surface area contributed by atoms with Gasteiger partial charge in [0.15, 0.2) is 0 Å². The molecule has 1 N–H and O–H groups in total. The Morgan fingerprint density at radius 2 is 2.14 bits per heavy atom. The van der Waals surface area contributed by atoms with Crippen LogP contribution in [0, 0.1) is 16.0 Å². The van der Waals surface area contributed by atoms with Gasteiger partial charge in [0.05, 0.1) is 6.61 Å². The van der Waals surface area contributed by atoms with Crippen LogP contribution in [-0.2, 0) is 9.53 Å². The Morgan fingerprint density at radius 3 is 2.43 bits per heavy atom. The van der Waals surface area contributed by atoms with Crippen molar-refractivity contribution in [3.63, 3.8) is 0 Å². The van der Waals surface area contributed by atoms with E-state index in [0.717, 1.165) is 0 Å². The van der Waals surface area contributed by atoms with Gasteiger partial charge in [-0.05, 0) is 12.8 Å². The second-order valence-electron chi connectivity index (χ2n) is 3.29. The fraction of sp³-hybridized carbons (Fsp3) is 0.875. The zero-order valence-corrected chi connectivity index (χ0v) is 8.52. The minimum atomic E-state index is -2.03. The van der Waals surface area contributed by atoms with Gasteiger partial charge in [0.1, 0.15) is 0 Å². The second-order valence-corrected chi connectivity index (χ2v) is 3.29. The molecule has 82 valence electrons. The normalized spacial score (nSPS) is 14.9. The number of rotatable bonds is 5. The van der Waals surface area contributed by atoms with Crippen molar-refractivity contribution < 1.29 is 19.6 Å². The molecule has 0 saturated heterocycles. The Balaban J connectivity index is 4.70. The molecule has 0 rings (SSSR count). The van der Waals surface area contributed by atoms with Crippen molar-refractivity contribution in [2.45, 2.75) is 26.4 Å². The first-order valence-corrected chi connectivity index (χ1v) is 4.36. The van der Waals surface area contributed by atoms with Crippen LogP contribution in [0.4, 0.5) is 0 Å². The molecule has 0 aromatic heterocycles. The molecule has 0 unspecified atom stereocenters. The van der Waals surface area contributed by atoms with Crippen LogP contribution in [0.5, 0.6) is 0 Å². The molecule has 0 aliphatic rings. The average Bonchev–Trinajstić information content (AvgIpc) is 2.02. The van der Waals surface area contributed by atoms with E-state index in [1.165, 1.54) is 13.8 Å². The van der Waals surface area contributed by atoms with Gasteiger partial charge in [-0.2, -0.15) is 0 Å². The number of nitrogens with zero attached hydrogens (tertiary/aromatic N) is 1. The predicted molar refractivity (Wildman–Crippen MR) is 48.3 cm³/mol. The first-order chi connectivity index (χ1) is 6.34. The SMILES string of the molecule is CCOC(=O)[C@](O)(C[N+](=O)[O-])C(C)C. The summed E-state index contributed by atoms with van der Waals surface area (Å²) in [6, 6.07) is 0. The van der Waals surface area contributed by atoms with Crippen LogP contribution in [-0.4, -0.2) is 34.8 Å². The molecule has 0 aliphatic heterocycles. The summed E-state index contributed by atoms with van der Waals surface area (Å²) in [4.78, 5) is 20.8. The molecule has 0 heterocycles. The van der Waals surface area contributed by atoms with E-state index in [1.54, 1.807) is 6.92 Å². The first-order valence-electron chi connectivity index (χ1n) is 4.36. The van der Waals surface area contributed by atoms with Gasteiger partial charge >= 0.3 is 5.97 Å². The van der Waals surface area contributed by atoms with Crippen LogP contribution >= 0.6 is 0 Å². The number of esters is 1. The van der Waals surface area contributed by atoms with E-state index in [1.807, 2.05) is 0 Å². The van der Waals surface area contributed by atoms with Gasteiger partial charge < -0.3 is 9.84 Å². The third-order valence-corrected chi connectivity index (χ3v) is 1.95. The van der Waals surface area contributed by atoms with Gasteiger partial charge in [-0.1, -0.05) is 13.8 Å². The van der Waals surface area contributed by atoms with Crippen molar-refractivity contribution in [2.75, 3.05) is 13.2 Å². The Hall–Kier alpha value is -1.17. The number of aliphatic hydroxyl groups is 1. The smallest absolute Gasteiger partial charge is 0.345 e. The molecule has 0 aromatic rings. The number of carbonyl (C=O) groups excluding carboxylic acids is 1. The van der Waals surface area contributed by atoms with E-state index in [0.29, 0.717) is 0 Å². The van der Waals surface area contributed by atoms with Crippen LogP contribution in [0.3, 0.4) is 0 Å². The highest BCUT2D eigenvalue weighted by molar-refractivity contribution is 5.79. The van der Waals surface area contributed by atoms with Crippen molar-refractivity contribution in [1.29, 1.82) is 0 Å². The third kappa shape index (κ3) is 2.95. The quantitative estimate of drug-likeness (QED) is 0.393. The van der Waals surface area contributed by atoms with Gasteiger partial charge in [0.2, 0.25) is 12.1 Å². The van der Waals surface area contributed by atoms with Crippen molar-refractivity contribution >= 4 is 5.97 Å². The molecule has 0 spiro atoms. The zero-order chi connectivity index (χ0) is 11.4. The lowest BCUT2D eigenvalue weighted by Gasteiger charge is -2.25. The van der Waals surface area contributed by atoms with Gasteiger partial charge in [-0.15, -0.1) is 0 Å². The fourth-order valence-electron chi connectivity index (χ4n) is 0.936. The van der Waals surface area contributed by atoms with Crippen LogP contribution in [0.15, 0.2) is 0 Å². The number of nitro groups is 1. The molecule has 0 fully saturated rings. The largest absolute Gasteiger partial charge is 0.464 e. The highest BCUT2D eigenvalue weighted by Crippen LogP contribution is 2.19. The van der Waals surface area contributed by atoms with Crippen molar-refractivity contribution in [3.8, 4) is 0 Å². The van der Waals surface area contributed by atoms with E-state index in [-0.39, 0.29) is 6.61 Å². The van der Waals surface area contributed by atoms with E-state index in [9.17, 15) is 20.0 Å². The molecule has 14 heavy (non-hydrogen) atoms. The van der Waals surface area contributed by atoms with Gasteiger partial charge in [0, 0.05) is 4.92 Å². The van der Waals surface area contributed by atoms with Gasteiger partial charge in [-0.3, -0.25) is 10.1 Å². The molecule has 0 aliphatic carbocycles. The Kier molecular flexibility index (Phi) is 4.49. The number of carbonyl (C=O) groups is 1. The maximum atomic E-state index is 11.3. The average molecular weight is 205 g/mol. The lowest BCUT2D eigenvalue weighted by atomic mass is 9.90. The topological polar surface area (TPSA) is 89.7 Å². The predicted octanol–water partition coefficient (Wildman–Crippen LogP) is 0.213. The Bertz CT molecular complexity index is 228. The fourth-order valence-corrected chi connectivity index (χ4v) is 0.936. The minimum absolute atomic E-state index is 0.0889. The number of hydrogen-bond acceptors (Lipinski definition) is 5. The minimum Gasteiger partial charge on any atom is -0.464 e. The summed E-state index contributed by atoms with van der Waals surface area (Å²) in [5.41, 5.74) is -2.03. The molecule has 0 radical (unpaired) electrons. The summed E-state index contributed by atoms with van der Waals surface area (Å²) in [5.74, 6) is -1.50. The van der Waals surface area contributed by atoms with Crippen LogP contribution in [0.2, 0.25) is 0 Å². The van der Waals surface area contributed by atoms with E-state index in [2.05, 4.69) is 4.74 Å². The van der Waals surface area contributed by atoms with Crippen LogP contribution in [0.25, 0.3) is 0 Å². The first kappa shape index (κ1) is 12.8. The molecule has 6 heteroatoms. The van der Waals surface area contributed by atoms with Crippen LogP contribution in [0.1, 0.15) is 20.8 Å². The molecular formula is C8H15NO5. The zero-order valence-electron chi connectivity index (χ0n) is 8.52. The highest BCUT2D eigenvalue weighted by atomic mass is 16.6. The summed E-state index contributed by atoms with van der Waals surface area (Å²) in [6.45, 7) is 3.89. The molecule has 0 bridgehead atoms. The maximum absolute atomic E-state index is 11.3. The lowest BCUT2D eigenvalue weighted by Crippen LogP contribution is -2.50. The monoisotopic (exact) mass is 205 g/mol. The summed E-state index contributed by atoms with van der Waals surface area (Å²) >= 11 is 0. The summed E-state index contributed by atoms with van der Waals surface area (Å²) in [6.07, 6.45) is 0. The highest BCUT2D eigenvalue weighted by Gasteiger charge is 2.46. The molecule has 6 nitrogen and oxygen atoms in total. The maximum Gasteiger partial charge on any atom is 0.345 e. The van der Waals surface area contributed by atoms with E-state index in [4.69, 9.17) is 0 Å². The number of hydrogen-bond donors (Lipinski definition) is 1. The van der Waals surface area contributed by atoms with E-state index < -0.39 is 29.0 Å². The molecule has 0 saturated carbocycles. The van der Waals surface area contributed by atoms with Crippen molar-refractivity contribution in [3.05, 3.63) is 10.1 Å².